The normalized spacial score (nSPS) is 18.3. The predicted molar refractivity (Wildman–Crippen MR) is 115 cm³/mol. The first kappa shape index (κ1) is 21.1. The van der Waals surface area contributed by atoms with Crippen molar-refractivity contribution in [3.05, 3.63) is 18.5 Å². The van der Waals surface area contributed by atoms with Crippen LogP contribution in [0, 0.1) is 17.2 Å². The van der Waals surface area contributed by atoms with Crippen LogP contribution in [0.3, 0.4) is 0 Å². The van der Waals surface area contributed by atoms with Crippen molar-refractivity contribution in [3.63, 3.8) is 0 Å². The number of nitrogens with one attached hydrogen (secondary N) is 4. The maximum Gasteiger partial charge on any atom is 0.318 e. The van der Waals surface area contributed by atoms with Crippen LogP contribution in [0.5, 0.6) is 0 Å². The summed E-state index contributed by atoms with van der Waals surface area (Å²) in [5.74, 6) is -1.21. The Morgan fingerprint density at radius 2 is 2.12 bits per heavy atom. The Labute approximate surface area is 182 Å². The number of H-pyrrole nitrogens is 1. The molecule has 12 nitrogen and oxygen atoms in total. The van der Waals surface area contributed by atoms with Crippen LogP contribution in [-0.4, -0.2) is 69.2 Å². The fraction of sp³-hybridized carbons (Fsp3) is 0.400. The average Bonchev–Trinajstić information content (AvgIpc) is 3.41. The summed E-state index contributed by atoms with van der Waals surface area (Å²) in [5, 5.41) is 22.2. The Kier molecular flexibility index (Phi) is 5.63. The second-order valence-electron chi connectivity index (χ2n) is 7.68. The van der Waals surface area contributed by atoms with Gasteiger partial charge in [0.1, 0.15) is 12.2 Å². The summed E-state index contributed by atoms with van der Waals surface area (Å²) >= 11 is 0. The molecule has 0 aliphatic carbocycles. The maximum atomic E-state index is 12.5. The number of piperidine rings is 1. The molecule has 12 heteroatoms. The highest BCUT2D eigenvalue weighted by atomic mass is 16.2. The number of carbonyl (C=O) groups is 3. The van der Waals surface area contributed by atoms with Crippen LogP contribution in [0.25, 0.3) is 21.9 Å². The zero-order valence-electron chi connectivity index (χ0n) is 17.7. The summed E-state index contributed by atoms with van der Waals surface area (Å²) in [7, 11) is 1.37. The first-order valence-electron chi connectivity index (χ1n) is 10.2. The van der Waals surface area contributed by atoms with Crippen molar-refractivity contribution in [3.8, 4) is 6.07 Å². The number of likely N-dealkylation sites (N-methyl/N-ethyl adjacent to an activating group) is 1. The van der Waals surface area contributed by atoms with Crippen molar-refractivity contribution < 1.29 is 14.4 Å². The van der Waals surface area contributed by atoms with Gasteiger partial charge in [0.05, 0.1) is 23.0 Å². The van der Waals surface area contributed by atoms with Crippen molar-refractivity contribution in [2.24, 2.45) is 5.92 Å². The van der Waals surface area contributed by atoms with Crippen molar-refractivity contribution >= 4 is 45.6 Å². The molecule has 166 valence electrons. The molecule has 1 aliphatic heterocycles. The Morgan fingerprint density at radius 1 is 1.31 bits per heavy atom. The zero-order valence-corrected chi connectivity index (χ0v) is 17.7. The molecule has 4 rings (SSSR count). The van der Waals surface area contributed by atoms with Crippen molar-refractivity contribution in [2.45, 2.75) is 19.4 Å². The lowest BCUT2D eigenvalue weighted by Gasteiger charge is -2.37. The first-order chi connectivity index (χ1) is 15.4. The number of fused-ring (bicyclic) bond motifs is 3. The minimum Gasteiger partial charge on any atom is -0.351 e. The van der Waals surface area contributed by atoms with Crippen LogP contribution >= 0.6 is 0 Å². The van der Waals surface area contributed by atoms with Crippen LogP contribution in [0.1, 0.15) is 19.4 Å². The molecular formula is C20H23N9O3. The highest BCUT2D eigenvalue weighted by molar-refractivity contribution is 6.40. The minimum atomic E-state index is -0.831. The third-order valence-electron chi connectivity index (χ3n) is 5.75. The van der Waals surface area contributed by atoms with E-state index in [1.807, 2.05) is 12.1 Å². The van der Waals surface area contributed by atoms with Crippen LogP contribution in [0.15, 0.2) is 18.5 Å². The van der Waals surface area contributed by atoms with Crippen molar-refractivity contribution in [1.29, 1.82) is 5.26 Å². The molecule has 32 heavy (non-hydrogen) atoms. The van der Waals surface area contributed by atoms with Gasteiger partial charge in [0, 0.05) is 37.9 Å². The van der Waals surface area contributed by atoms with Gasteiger partial charge in [0.15, 0.2) is 5.82 Å². The molecule has 3 aromatic rings. The Hall–Kier alpha value is -4.14. The lowest BCUT2D eigenvalue weighted by molar-refractivity contribution is -0.135. The predicted octanol–water partition coefficient (Wildman–Crippen LogP) is 0.713. The van der Waals surface area contributed by atoms with E-state index in [0.717, 1.165) is 17.3 Å². The molecule has 4 heterocycles. The number of pyridine rings is 1. The number of hydrogen-bond acceptors (Lipinski definition) is 6. The lowest BCUT2D eigenvalue weighted by Crippen LogP contribution is -2.48. The lowest BCUT2D eigenvalue weighted by atomic mass is 9.93. The van der Waals surface area contributed by atoms with Crippen molar-refractivity contribution in [2.75, 3.05) is 32.0 Å². The summed E-state index contributed by atoms with van der Waals surface area (Å²) < 4.78 is 1.81. The number of rotatable bonds is 3. The van der Waals surface area contributed by atoms with Crippen LogP contribution in [0.4, 0.5) is 10.6 Å². The van der Waals surface area contributed by atoms with Crippen LogP contribution in [0.2, 0.25) is 0 Å². The Morgan fingerprint density at radius 3 is 2.88 bits per heavy atom. The third kappa shape index (κ3) is 3.68. The number of hydrogen-bond donors (Lipinski definition) is 4. The van der Waals surface area contributed by atoms with Gasteiger partial charge in [-0.3, -0.25) is 14.3 Å². The van der Waals surface area contributed by atoms with E-state index < -0.39 is 11.8 Å². The standard InChI is InChI=1S/C20H23N9O3/c1-11-4-8-28(20(32)24-7-5-21)10-14(11)29-15-12-3-6-23-16(12)25-9-13(15)17(27-29)26-19(31)18(30)22-2/h3,6,9,11,14H,4,7-8,10H2,1-2H3,(H,22,30)(H,23,25)(H,24,32)(H,26,27,31)/t11-,14+/m1/s1. The van der Waals surface area contributed by atoms with Crippen LogP contribution in [-0.2, 0) is 9.59 Å². The van der Waals surface area contributed by atoms with Gasteiger partial charge in [-0.2, -0.15) is 10.4 Å². The van der Waals surface area contributed by atoms with Gasteiger partial charge >= 0.3 is 17.8 Å². The maximum absolute atomic E-state index is 12.5. The quantitative estimate of drug-likeness (QED) is 0.349. The molecule has 0 unspecified atom stereocenters. The second-order valence-corrected chi connectivity index (χ2v) is 7.68. The molecule has 1 aliphatic rings. The third-order valence-corrected chi connectivity index (χ3v) is 5.75. The molecule has 3 aromatic heterocycles. The van der Waals surface area contributed by atoms with Gasteiger partial charge in [-0.1, -0.05) is 6.92 Å². The fourth-order valence-corrected chi connectivity index (χ4v) is 4.01. The number of amides is 4. The van der Waals surface area contributed by atoms with Crippen LogP contribution < -0.4 is 16.0 Å². The van der Waals surface area contributed by atoms with Crippen molar-refractivity contribution in [1.82, 2.24) is 35.3 Å². The topological polar surface area (TPSA) is 161 Å². The van der Waals surface area contributed by atoms with Gasteiger partial charge in [-0.15, -0.1) is 0 Å². The second kappa shape index (κ2) is 8.54. The number of anilines is 1. The summed E-state index contributed by atoms with van der Waals surface area (Å²) in [6.07, 6.45) is 4.11. The largest absolute Gasteiger partial charge is 0.351 e. The van der Waals surface area contributed by atoms with Gasteiger partial charge in [0.2, 0.25) is 0 Å². The Balaban J connectivity index is 1.77. The summed E-state index contributed by atoms with van der Waals surface area (Å²) in [6, 6.07) is 3.29. The summed E-state index contributed by atoms with van der Waals surface area (Å²) in [4.78, 5) is 45.5. The molecule has 0 spiro atoms. The fourth-order valence-electron chi connectivity index (χ4n) is 4.01. The molecule has 2 atom stereocenters. The minimum absolute atomic E-state index is 0.0639. The number of carbonyl (C=O) groups excluding carboxylic acids is 3. The van der Waals surface area contributed by atoms with E-state index >= 15 is 0 Å². The average molecular weight is 437 g/mol. The summed E-state index contributed by atoms with van der Waals surface area (Å²) in [6.45, 7) is 2.97. The number of nitriles is 1. The Bertz CT molecular complexity index is 1240. The molecule has 0 saturated carbocycles. The van der Waals surface area contributed by atoms with Gasteiger partial charge < -0.3 is 25.8 Å². The van der Waals surface area contributed by atoms with E-state index in [4.69, 9.17) is 5.26 Å². The molecule has 1 fully saturated rings. The molecule has 1 saturated heterocycles. The molecular weight excluding hydrogens is 414 g/mol. The van der Waals surface area contributed by atoms with Gasteiger partial charge in [-0.25, -0.2) is 9.78 Å². The van der Waals surface area contributed by atoms with E-state index in [0.29, 0.717) is 24.1 Å². The smallest absolute Gasteiger partial charge is 0.318 e. The highest BCUT2D eigenvalue weighted by Crippen LogP contribution is 2.35. The zero-order chi connectivity index (χ0) is 22.8. The first-order valence-corrected chi connectivity index (χ1v) is 10.2. The molecule has 4 amide bonds. The number of urea groups is 1. The monoisotopic (exact) mass is 437 g/mol. The van der Waals surface area contributed by atoms with E-state index in [9.17, 15) is 14.4 Å². The SMILES string of the molecule is CNC(=O)C(=O)Nc1nn([C@H]2CN(C(=O)NCC#N)CC[C@H]2C)c2c1cnc1[nH]ccc12. The molecule has 0 radical (unpaired) electrons. The highest BCUT2D eigenvalue weighted by Gasteiger charge is 2.33. The van der Waals surface area contributed by atoms with Gasteiger partial charge in [0.25, 0.3) is 0 Å². The van der Waals surface area contributed by atoms with E-state index in [-0.39, 0.29) is 30.4 Å². The molecule has 0 aromatic carbocycles. The number of aromatic amines is 1. The van der Waals surface area contributed by atoms with E-state index in [1.165, 1.54) is 7.05 Å². The number of nitrogens with zero attached hydrogens (tertiary/aromatic N) is 5. The molecule has 0 bridgehead atoms. The molecule has 4 N–H and O–H groups in total. The number of aromatic nitrogens is 4. The number of likely N-dealkylation sites (tertiary alicyclic amines) is 1. The summed E-state index contributed by atoms with van der Waals surface area (Å²) in [5.41, 5.74) is 1.41. The van der Waals surface area contributed by atoms with Gasteiger partial charge in [-0.05, 0) is 18.4 Å². The van der Waals surface area contributed by atoms with E-state index in [1.54, 1.807) is 22.0 Å². The van der Waals surface area contributed by atoms with E-state index in [2.05, 4.69) is 37.9 Å².